The Morgan fingerprint density at radius 3 is 3.21 bits per heavy atom. The van der Waals surface area contributed by atoms with Crippen LogP contribution in [0.1, 0.15) is 12.6 Å². The molecule has 1 saturated heterocycles. The molecule has 6 nitrogen and oxygen atoms in total. The van der Waals surface area contributed by atoms with Crippen LogP contribution in [-0.4, -0.2) is 16.1 Å². The first-order chi connectivity index (χ1) is 6.68. The first kappa shape index (κ1) is 9.10. The van der Waals surface area contributed by atoms with Gasteiger partial charge in [-0.1, -0.05) is 0 Å². The van der Waals surface area contributed by atoms with Crippen LogP contribution in [0.4, 0.5) is 10.2 Å². The Bertz CT molecular complexity index is 399. The number of anilines is 1. The highest BCUT2D eigenvalue weighted by Crippen LogP contribution is 2.14. The van der Waals surface area contributed by atoms with Crippen molar-refractivity contribution in [2.45, 2.75) is 12.6 Å². The van der Waals surface area contributed by atoms with Crippen LogP contribution in [0.2, 0.25) is 0 Å². The molecule has 1 aliphatic heterocycles. The van der Waals surface area contributed by atoms with Crippen molar-refractivity contribution < 1.29 is 9.23 Å². The molecule has 1 fully saturated rings. The third-order valence-electron chi connectivity index (χ3n) is 1.96. The molecule has 1 aromatic heterocycles. The number of nitrogen functional groups attached to an aromatic ring is 1. The monoisotopic (exact) mass is 200 g/mol. The van der Waals surface area contributed by atoms with E-state index < -0.39 is 23.6 Å². The molecule has 0 aliphatic carbocycles. The zero-order valence-electron chi connectivity index (χ0n) is 7.24. The summed E-state index contributed by atoms with van der Waals surface area (Å²) in [5.74, 6) is -1.11. The van der Waals surface area contributed by atoms with Gasteiger partial charge in [0.2, 0.25) is 0 Å². The van der Waals surface area contributed by atoms with Gasteiger partial charge in [-0.2, -0.15) is 10.5 Å². The van der Waals surface area contributed by atoms with E-state index in [9.17, 15) is 9.18 Å². The topological polar surface area (TPSA) is 82.2 Å². The van der Waals surface area contributed by atoms with Crippen molar-refractivity contribution in [3.8, 4) is 0 Å². The van der Waals surface area contributed by atoms with E-state index in [4.69, 9.17) is 10.6 Å². The molecular formula is C7H9FN4O2. The van der Waals surface area contributed by atoms with E-state index in [2.05, 4.69) is 10.5 Å². The molecular weight excluding hydrogens is 191 g/mol. The summed E-state index contributed by atoms with van der Waals surface area (Å²) in [6.07, 6.45) is 1.08. The summed E-state index contributed by atoms with van der Waals surface area (Å²) in [7, 11) is 0. The molecule has 0 amide bonds. The number of nitrogens with two attached hydrogens (primary N) is 1. The molecule has 7 heteroatoms. The fourth-order valence-corrected chi connectivity index (χ4v) is 1.26. The van der Waals surface area contributed by atoms with Gasteiger partial charge in [-0.3, -0.25) is 9.40 Å². The molecule has 0 saturated carbocycles. The standard InChI is InChI=1S/C7H9FN4O2/c8-4-3-12(5-1-2-10-14-5)7(13)11-6(4)9/h3,5,10H,1-2H2,(H2,9,11,13)/t5-/m0/s1. The van der Waals surface area contributed by atoms with Gasteiger partial charge in [-0.05, 0) is 0 Å². The Morgan fingerprint density at radius 2 is 2.57 bits per heavy atom. The summed E-state index contributed by atoms with van der Waals surface area (Å²) in [6.45, 7) is 0.614. The number of aromatic nitrogens is 2. The average Bonchev–Trinajstić information content (AvgIpc) is 2.64. The zero-order valence-corrected chi connectivity index (χ0v) is 7.24. The van der Waals surface area contributed by atoms with Crippen LogP contribution in [0.25, 0.3) is 0 Å². The van der Waals surface area contributed by atoms with Crippen LogP contribution in [0.3, 0.4) is 0 Å². The van der Waals surface area contributed by atoms with Crippen LogP contribution in [0.5, 0.6) is 0 Å². The minimum atomic E-state index is -0.722. The normalized spacial score (nSPS) is 21.4. The summed E-state index contributed by atoms with van der Waals surface area (Å²) >= 11 is 0. The van der Waals surface area contributed by atoms with Crippen molar-refractivity contribution in [1.82, 2.24) is 15.0 Å². The van der Waals surface area contributed by atoms with Crippen LogP contribution in [0, 0.1) is 5.82 Å². The molecule has 76 valence electrons. The molecule has 1 aromatic rings. The number of hydrogen-bond donors (Lipinski definition) is 2. The average molecular weight is 200 g/mol. The van der Waals surface area contributed by atoms with Crippen LogP contribution < -0.4 is 16.9 Å². The summed E-state index contributed by atoms with van der Waals surface area (Å²) in [4.78, 5) is 19.6. The number of hydroxylamine groups is 1. The highest BCUT2D eigenvalue weighted by molar-refractivity contribution is 5.26. The number of rotatable bonds is 1. The van der Waals surface area contributed by atoms with E-state index in [0.717, 1.165) is 10.8 Å². The Morgan fingerprint density at radius 1 is 1.79 bits per heavy atom. The highest BCUT2D eigenvalue weighted by atomic mass is 19.1. The van der Waals surface area contributed by atoms with Gasteiger partial charge in [0, 0.05) is 13.0 Å². The molecule has 0 spiro atoms. The Labute approximate surface area is 78.5 Å². The van der Waals surface area contributed by atoms with Crippen LogP contribution in [-0.2, 0) is 4.84 Å². The van der Waals surface area contributed by atoms with Crippen LogP contribution >= 0.6 is 0 Å². The molecule has 2 heterocycles. The van der Waals surface area contributed by atoms with Crippen molar-refractivity contribution in [3.63, 3.8) is 0 Å². The largest absolute Gasteiger partial charge is 0.381 e. The van der Waals surface area contributed by atoms with E-state index in [0.29, 0.717) is 13.0 Å². The minimum absolute atomic E-state index is 0.391. The second-order valence-electron chi connectivity index (χ2n) is 2.92. The third-order valence-corrected chi connectivity index (χ3v) is 1.96. The maximum atomic E-state index is 13.0. The van der Waals surface area contributed by atoms with Crippen molar-refractivity contribution in [3.05, 3.63) is 22.5 Å². The lowest BCUT2D eigenvalue weighted by molar-refractivity contribution is -0.0124. The van der Waals surface area contributed by atoms with Gasteiger partial charge in [0.15, 0.2) is 17.9 Å². The lowest BCUT2D eigenvalue weighted by Crippen LogP contribution is -2.28. The molecule has 0 radical (unpaired) electrons. The van der Waals surface area contributed by atoms with Crippen molar-refractivity contribution in [1.29, 1.82) is 0 Å². The first-order valence-electron chi connectivity index (χ1n) is 4.11. The van der Waals surface area contributed by atoms with E-state index in [-0.39, 0.29) is 0 Å². The summed E-state index contributed by atoms with van der Waals surface area (Å²) in [5.41, 5.74) is 7.11. The molecule has 0 unspecified atom stereocenters. The molecule has 14 heavy (non-hydrogen) atoms. The van der Waals surface area contributed by atoms with Gasteiger partial charge in [0.05, 0.1) is 6.20 Å². The fraction of sp³-hybridized carbons (Fsp3) is 0.429. The zero-order chi connectivity index (χ0) is 10.1. The molecule has 1 aliphatic rings. The molecule has 3 N–H and O–H groups in total. The lowest BCUT2D eigenvalue weighted by Gasteiger charge is -2.11. The lowest BCUT2D eigenvalue weighted by atomic mass is 10.4. The van der Waals surface area contributed by atoms with E-state index in [1.54, 1.807) is 0 Å². The predicted octanol–water partition coefficient (Wildman–Crippen LogP) is -0.612. The van der Waals surface area contributed by atoms with E-state index in [1.165, 1.54) is 0 Å². The maximum Gasteiger partial charge on any atom is 0.351 e. The number of nitrogens with zero attached hydrogens (tertiary/aromatic N) is 2. The quantitative estimate of drug-likeness (QED) is 0.631. The second kappa shape index (κ2) is 3.35. The van der Waals surface area contributed by atoms with Crippen molar-refractivity contribution >= 4 is 5.82 Å². The first-order valence-corrected chi connectivity index (χ1v) is 4.11. The van der Waals surface area contributed by atoms with E-state index in [1.807, 2.05) is 0 Å². The maximum absolute atomic E-state index is 13.0. The second-order valence-corrected chi connectivity index (χ2v) is 2.92. The Kier molecular flexibility index (Phi) is 2.18. The number of nitrogens with one attached hydrogen (secondary N) is 1. The predicted molar refractivity (Wildman–Crippen MR) is 45.6 cm³/mol. The van der Waals surface area contributed by atoms with Gasteiger partial charge >= 0.3 is 5.69 Å². The highest BCUT2D eigenvalue weighted by Gasteiger charge is 2.20. The third kappa shape index (κ3) is 1.47. The Hall–Kier alpha value is -1.47. The van der Waals surface area contributed by atoms with Gasteiger partial charge in [0.1, 0.15) is 0 Å². The van der Waals surface area contributed by atoms with Crippen LogP contribution in [0.15, 0.2) is 11.0 Å². The molecule has 0 bridgehead atoms. The van der Waals surface area contributed by atoms with Gasteiger partial charge in [-0.15, -0.1) is 0 Å². The Balaban J connectivity index is 2.42. The van der Waals surface area contributed by atoms with Gasteiger partial charge < -0.3 is 5.73 Å². The summed E-state index contributed by atoms with van der Waals surface area (Å²) in [6, 6.07) is 0. The molecule has 0 aromatic carbocycles. The number of hydrogen-bond acceptors (Lipinski definition) is 5. The fourth-order valence-electron chi connectivity index (χ4n) is 1.26. The van der Waals surface area contributed by atoms with Crippen molar-refractivity contribution in [2.75, 3.05) is 12.3 Å². The van der Waals surface area contributed by atoms with Gasteiger partial charge in [0.25, 0.3) is 0 Å². The minimum Gasteiger partial charge on any atom is -0.381 e. The summed E-state index contributed by atoms with van der Waals surface area (Å²) < 4.78 is 14.1. The number of halogens is 1. The van der Waals surface area contributed by atoms with E-state index >= 15 is 0 Å². The SMILES string of the molecule is Nc1nc(=O)n([C@@H]2CCNO2)cc1F. The summed E-state index contributed by atoms with van der Waals surface area (Å²) in [5, 5.41) is 0. The van der Waals surface area contributed by atoms with Crippen molar-refractivity contribution in [2.24, 2.45) is 0 Å². The van der Waals surface area contributed by atoms with Gasteiger partial charge in [-0.25, -0.2) is 9.18 Å². The molecule has 1 atom stereocenters. The smallest absolute Gasteiger partial charge is 0.351 e. The molecule has 2 rings (SSSR count).